The predicted molar refractivity (Wildman–Crippen MR) is 47.2 cm³/mol. The van der Waals surface area contributed by atoms with E-state index in [1.54, 1.807) is 0 Å². The zero-order valence-corrected chi connectivity index (χ0v) is 7.45. The number of nitrogens with zero attached hydrogens (tertiary/aromatic N) is 1. The Morgan fingerprint density at radius 3 is 2.55 bits per heavy atom. The van der Waals surface area contributed by atoms with Gasteiger partial charge in [0.2, 0.25) is 0 Å². The molecule has 0 saturated carbocycles. The Hall–Kier alpha value is 0.200. The van der Waals surface area contributed by atoms with E-state index in [-0.39, 0.29) is 6.67 Å². The van der Waals surface area contributed by atoms with Crippen LogP contribution in [0.4, 0.5) is 4.39 Å². The maximum Gasteiger partial charge on any atom is 0.102 e. The lowest BCUT2D eigenvalue weighted by Gasteiger charge is -2.29. The largest absolute Gasteiger partial charge is 0.301 e. The number of halogens is 1. The summed E-state index contributed by atoms with van der Waals surface area (Å²) in [5.41, 5.74) is 0. The summed E-state index contributed by atoms with van der Waals surface area (Å²) in [6.45, 7) is 2.40. The van der Waals surface area contributed by atoms with Crippen LogP contribution in [0.3, 0.4) is 0 Å². The van der Waals surface area contributed by atoms with Crippen LogP contribution in [-0.2, 0) is 0 Å². The van der Waals surface area contributed by atoms with Crippen LogP contribution >= 0.6 is 11.9 Å². The van der Waals surface area contributed by atoms with E-state index >= 15 is 0 Å². The second-order valence-corrected chi connectivity index (χ2v) is 3.80. The monoisotopic (exact) mass is 178 g/mol. The molecule has 66 valence electrons. The van der Waals surface area contributed by atoms with Gasteiger partial charge in [-0.15, -0.1) is 0 Å². The Kier molecular flexibility index (Phi) is 4.18. The summed E-state index contributed by atoms with van der Waals surface area (Å²) in [5, 5.41) is 6.05. The minimum atomic E-state index is -0.222. The number of rotatable bonds is 3. The lowest BCUT2D eigenvalue weighted by Crippen LogP contribution is -2.36. The Morgan fingerprint density at radius 2 is 2.09 bits per heavy atom. The molecule has 0 aliphatic carbocycles. The molecular weight excluding hydrogens is 163 g/mol. The number of piperidine rings is 1. The molecule has 1 aliphatic heterocycles. The zero-order chi connectivity index (χ0) is 8.10. The van der Waals surface area contributed by atoms with Gasteiger partial charge in [-0.2, -0.15) is 0 Å². The van der Waals surface area contributed by atoms with Crippen molar-refractivity contribution in [2.75, 3.05) is 26.3 Å². The van der Waals surface area contributed by atoms with E-state index < -0.39 is 0 Å². The molecule has 0 radical (unpaired) electrons. The molecule has 1 rings (SSSR count). The molecule has 0 aromatic carbocycles. The first-order chi connectivity index (χ1) is 5.36. The van der Waals surface area contributed by atoms with E-state index in [9.17, 15) is 4.39 Å². The van der Waals surface area contributed by atoms with Crippen molar-refractivity contribution >= 4 is 11.9 Å². The SMILES string of the molecule is NSC1CCN(CCF)CC1. The first-order valence-electron chi connectivity index (χ1n) is 4.00. The van der Waals surface area contributed by atoms with Crippen molar-refractivity contribution in [2.45, 2.75) is 18.1 Å². The second kappa shape index (κ2) is 4.95. The van der Waals surface area contributed by atoms with Gasteiger partial charge in [-0.25, -0.2) is 4.39 Å². The van der Waals surface area contributed by atoms with Gasteiger partial charge in [-0.1, -0.05) is 11.9 Å². The average Bonchev–Trinajstić information content (AvgIpc) is 2.07. The fourth-order valence-electron chi connectivity index (χ4n) is 1.39. The predicted octanol–water partition coefficient (Wildman–Crippen LogP) is 1.03. The summed E-state index contributed by atoms with van der Waals surface area (Å²) < 4.78 is 11.9. The fourth-order valence-corrected chi connectivity index (χ4v) is 1.87. The maximum absolute atomic E-state index is 11.9. The molecule has 1 aliphatic rings. The van der Waals surface area contributed by atoms with Crippen molar-refractivity contribution in [1.29, 1.82) is 0 Å². The molecule has 11 heavy (non-hydrogen) atoms. The summed E-state index contributed by atoms with van der Waals surface area (Å²) in [6, 6.07) is 0. The first-order valence-corrected chi connectivity index (χ1v) is 4.95. The third-order valence-electron chi connectivity index (χ3n) is 2.13. The smallest absolute Gasteiger partial charge is 0.102 e. The van der Waals surface area contributed by atoms with Gasteiger partial charge in [-0.05, 0) is 25.9 Å². The molecule has 2 nitrogen and oxygen atoms in total. The Morgan fingerprint density at radius 1 is 1.45 bits per heavy atom. The van der Waals surface area contributed by atoms with Gasteiger partial charge < -0.3 is 4.90 Å². The molecule has 0 amide bonds. The lowest BCUT2D eigenvalue weighted by atomic mass is 10.1. The Labute approximate surface area is 71.4 Å². The van der Waals surface area contributed by atoms with E-state index in [2.05, 4.69) is 4.90 Å². The molecule has 0 bridgehead atoms. The number of alkyl halides is 1. The van der Waals surface area contributed by atoms with E-state index in [1.165, 1.54) is 11.9 Å². The van der Waals surface area contributed by atoms with Crippen LogP contribution in [0, 0.1) is 0 Å². The van der Waals surface area contributed by atoms with E-state index in [0.717, 1.165) is 25.9 Å². The van der Waals surface area contributed by atoms with Crippen LogP contribution < -0.4 is 5.14 Å². The highest BCUT2D eigenvalue weighted by molar-refractivity contribution is 7.97. The van der Waals surface area contributed by atoms with Gasteiger partial charge in [0, 0.05) is 11.8 Å². The molecular formula is C7H15FN2S. The lowest BCUT2D eigenvalue weighted by molar-refractivity contribution is 0.214. The number of nitrogens with two attached hydrogens (primary N) is 1. The zero-order valence-electron chi connectivity index (χ0n) is 6.63. The molecule has 0 spiro atoms. The minimum absolute atomic E-state index is 0.222. The van der Waals surface area contributed by atoms with Crippen LogP contribution in [0.15, 0.2) is 0 Å². The molecule has 1 heterocycles. The summed E-state index contributed by atoms with van der Waals surface area (Å²) in [5.74, 6) is 0. The third kappa shape index (κ3) is 2.97. The first kappa shape index (κ1) is 9.29. The second-order valence-electron chi connectivity index (χ2n) is 2.87. The average molecular weight is 178 g/mol. The molecule has 1 fully saturated rings. The molecule has 2 N–H and O–H groups in total. The van der Waals surface area contributed by atoms with E-state index in [4.69, 9.17) is 5.14 Å². The maximum atomic E-state index is 11.9. The van der Waals surface area contributed by atoms with Crippen molar-refractivity contribution in [3.05, 3.63) is 0 Å². The van der Waals surface area contributed by atoms with E-state index in [1.807, 2.05) is 0 Å². The standard InChI is InChI=1S/C7H15FN2S/c8-3-6-10-4-1-7(11-9)2-5-10/h7H,1-6,9H2. The van der Waals surface area contributed by atoms with Crippen LogP contribution in [0.5, 0.6) is 0 Å². The summed E-state index contributed by atoms with van der Waals surface area (Å²) in [4.78, 5) is 2.16. The number of likely N-dealkylation sites (tertiary alicyclic amines) is 1. The normalized spacial score (nSPS) is 22.4. The summed E-state index contributed by atoms with van der Waals surface area (Å²) >= 11 is 1.45. The van der Waals surface area contributed by atoms with Gasteiger partial charge in [0.15, 0.2) is 0 Å². The van der Waals surface area contributed by atoms with Gasteiger partial charge in [0.25, 0.3) is 0 Å². The number of hydrogen-bond donors (Lipinski definition) is 1. The van der Waals surface area contributed by atoms with Crippen molar-refractivity contribution in [3.63, 3.8) is 0 Å². The van der Waals surface area contributed by atoms with Gasteiger partial charge >= 0.3 is 0 Å². The molecule has 4 heteroatoms. The van der Waals surface area contributed by atoms with Gasteiger partial charge in [-0.3, -0.25) is 5.14 Å². The van der Waals surface area contributed by atoms with Crippen LogP contribution in [-0.4, -0.2) is 36.5 Å². The molecule has 0 aromatic rings. The van der Waals surface area contributed by atoms with E-state index in [0.29, 0.717) is 11.8 Å². The molecule has 0 atom stereocenters. The van der Waals surface area contributed by atoms with Crippen LogP contribution in [0.25, 0.3) is 0 Å². The van der Waals surface area contributed by atoms with Crippen molar-refractivity contribution in [1.82, 2.24) is 4.90 Å². The molecule has 1 saturated heterocycles. The van der Waals surface area contributed by atoms with Crippen molar-refractivity contribution < 1.29 is 4.39 Å². The van der Waals surface area contributed by atoms with Crippen LogP contribution in [0.2, 0.25) is 0 Å². The highest BCUT2D eigenvalue weighted by Gasteiger charge is 2.17. The quantitative estimate of drug-likeness (QED) is 0.654. The van der Waals surface area contributed by atoms with Crippen molar-refractivity contribution in [3.8, 4) is 0 Å². The fraction of sp³-hybridized carbons (Fsp3) is 1.00. The minimum Gasteiger partial charge on any atom is -0.301 e. The topological polar surface area (TPSA) is 29.3 Å². The van der Waals surface area contributed by atoms with Gasteiger partial charge in [0.05, 0.1) is 0 Å². The Balaban J connectivity index is 2.14. The number of hydrogen-bond acceptors (Lipinski definition) is 3. The third-order valence-corrected chi connectivity index (χ3v) is 2.98. The van der Waals surface area contributed by atoms with Crippen molar-refractivity contribution in [2.24, 2.45) is 5.14 Å². The molecule has 0 unspecified atom stereocenters. The Bertz CT molecular complexity index is 105. The highest BCUT2D eigenvalue weighted by Crippen LogP contribution is 2.18. The summed E-state index contributed by atoms with van der Waals surface area (Å²) in [6.07, 6.45) is 2.22. The van der Waals surface area contributed by atoms with Gasteiger partial charge in [0.1, 0.15) is 6.67 Å². The summed E-state index contributed by atoms with van der Waals surface area (Å²) in [7, 11) is 0. The molecule has 0 aromatic heterocycles. The van der Waals surface area contributed by atoms with Crippen LogP contribution in [0.1, 0.15) is 12.8 Å². The highest BCUT2D eigenvalue weighted by atomic mass is 32.2.